The summed E-state index contributed by atoms with van der Waals surface area (Å²) >= 11 is 0. The molecule has 0 bridgehead atoms. The molecule has 2 aliphatic heterocycles. The van der Waals surface area contributed by atoms with Crippen molar-refractivity contribution in [3.8, 4) is 0 Å². The van der Waals surface area contributed by atoms with E-state index in [1.807, 2.05) is 6.92 Å². The van der Waals surface area contributed by atoms with Crippen molar-refractivity contribution in [2.24, 2.45) is 11.8 Å². The Hall–Kier alpha value is -0.690. The molecule has 2 saturated heterocycles. The van der Waals surface area contributed by atoms with Gasteiger partial charge in [0.25, 0.3) is 0 Å². The zero-order valence-electron chi connectivity index (χ0n) is 13.8. The minimum atomic E-state index is -1.88. The fraction of sp³-hybridized carbons (Fsp3) is 0.938. The van der Waals surface area contributed by atoms with Crippen LogP contribution in [-0.2, 0) is 9.53 Å². The number of esters is 1. The van der Waals surface area contributed by atoms with Gasteiger partial charge in [-0.25, -0.2) is 4.79 Å². The molecule has 0 aliphatic carbocycles. The van der Waals surface area contributed by atoms with Gasteiger partial charge in [-0.2, -0.15) is 0 Å². The highest BCUT2D eigenvalue weighted by molar-refractivity contribution is 5.80. The van der Waals surface area contributed by atoms with Crippen LogP contribution in [0.15, 0.2) is 0 Å². The van der Waals surface area contributed by atoms with Gasteiger partial charge < -0.3 is 24.8 Å². The number of aliphatic hydroxyl groups is 2. The van der Waals surface area contributed by atoms with Crippen molar-refractivity contribution < 1.29 is 24.4 Å². The predicted molar refractivity (Wildman–Crippen MR) is 81.5 cm³/mol. The third-order valence-electron chi connectivity index (χ3n) is 5.82. The van der Waals surface area contributed by atoms with Crippen molar-refractivity contribution in [1.29, 1.82) is 0 Å². The van der Waals surface area contributed by atoms with Gasteiger partial charge >= 0.3 is 5.97 Å². The number of aliphatic hydroxyl groups excluding tert-OH is 1. The van der Waals surface area contributed by atoms with E-state index in [9.17, 15) is 20.2 Å². The molecule has 22 heavy (non-hydrogen) atoms. The molecule has 6 unspecified atom stereocenters. The van der Waals surface area contributed by atoms with Crippen LogP contribution in [0.25, 0.3) is 0 Å². The molecule has 2 fully saturated rings. The molecule has 2 N–H and O–H groups in total. The molecule has 0 spiro atoms. The monoisotopic (exact) mass is 315 g/mol. The van der Waals surface area contributed by atoms with Gasteiger partial charge in [0.2, 0.25) is 0 Å². The molecular weight excluding hydrogens is 286 g/mol. The minimum absolute atomic E-state index is 0.0241. The number of carbonyl (C=O) groups excluding carboxylic acids is 1. The van der Waals surface area contributed by atoms with Crippen LogP contribution in [0.1, 0.15) is 46.5 Å². The number of rotatable bonds is 6. The van der Waals surface area contributed by atoms with Gasteiger partial charge in [-0.3, -0.25) is 0 Å². The number of hydrogen-bond acceptors (Lipinski definition) is 5. The lowest BCUT2D eigenvalue weighted by Gasteiger charge is -2.40. The van der Waals surface area contributed by atoms with Crippen molar-refractivity contribution in [3.63, 3.8) is 0 Å². The minimum Gasteiger partial charge on any atom is -0.633 e. The van der Waals surface area contributed by atoms with Crippen molar-refractivity contribution in [2.75, 3.05) is 19.7 Å². The van der Waals surface area contributed by atoms with Gasteiger partial charge in [0, 0.05) is 19.3 Å². The normalized spacial score (nSPS) is 36.5. The smallest absolute Gasteiger partial charge is 0.341 e. The average molecular weight is 315 g/mol. The Morgan fingerprint density at radius 2 is 2.09 bits per heavy atom. The highest BCUT2D eigenvalue weighted by Crippen LogP contribution is 2.39. The van der Waals surface area contributed by atoms with Crippen LogP contribution in [0.5, 0.6) is 0 Å². The maximum Gasteiger partial charge on any atom is 0.341 e. The lowest BCUT2D eigenvalue weighted by atomic mass is 9.82. The predicted octanol–water partition coefficient (Wildman–Crippen LogP) is 1.18. The van der Waals surface area contributed by atoms with Crippen LogP contribution in [0, 0.1) is 17.0 Å². The number of fused-ring (bicyclic) bond motifs is 1. The lowest BCUT2D eigenvalue weighted by molar-refractivity contribution is -0.881. The first kappa shape index (κ1) is 17.7. The van der Waals surface area contributed by atoms with E-state index in [1.165, 1.54) is 6.92 Å². The topological polar surface area (TPSA) is 89.8 Å². The van der Waals surface area contributed by atoms with E-state index in [0.717, 1.165) is 19.3 Å². The van der Waals surface area contributed by atoms with Crippen LogP contribution in [0.3, 0.4) is 0 Å². The Labute approximate surface area is 132 Å². The summed E-state index contributed by atoms with van der Waals surface area (Å²) in [6.07, 6.45) is 1.95. The number of ether oxygens (including phenoxy) is 1. The average Bonchev–Trinajstić information content (AvgIpc) is 2.99. The van der Waals surface area contributed by atoms with E-state index in [-0.39, 0.29) is 23.2 Å². The zero-order valence-corrected chi connectivity index (χ0v) is 13.8. The molecule has 2 rings (SSSR count). The molecule has 0 amide bonds. The van der Waals surface area contributed by atoms with E-state index in [4.69, 9.17) is 4.74 Å². The Morgan fingerprint density at radius 1 is 1.41 bits per heavy atom. The molecule has 0 aromatic carbocycles. The van der Waals surface area contributed by atoms with Crippen LogP contribution in [0.4, 0.5) is 0 Å². The van der Waals surface area contributed by atoms with Crippen LogP contribution < -0.4 is 0 Å². The molecule has 6 atom stereocenters. The van der Waals surface area contributed by atoms with E-state index in [2.05, 4.69) is 0 Å². The number of nitrogens with zero attached hydrogens (tertiary/aromatic N) is 1. The quantitative estimate of drug-likeness (QED) is 0.436. The second-order valence-corrected chi connectivity index (χ2v) is 7.07. The number of hydrogen-bond donors (Lipinski definition) is 2. The number of quaternary nitrogens is 1. The summed E-state index contributed by atoms with van der Waals surface area (Å²) in [7, 11) is 0. The molecule has 0 saturated carbocycles. The largest absolute Gasteiger partial charge is 0.633 e. The molecule has 128 valence electrons. The van der Waals surface area contributed by atoms with E-state index >= 15 is 0 Å². The van der Waals surface area contributed by atoms with Crippen LogP contribution in [0.2, 0.25) is 0 Å². The molecule has 6 heteroatoms. The number of carbonyl (C=O) groups is 1. The van der Waals surface area contributed by atoms with E-state index in [1.54, 1.807) is 6.92 Å². The SMILES string of the molecule is CCC(C)C(O)(C(=O)OCC1CC[N+]2([O-])CCCC12)C(C)O. The van der Waals surface area contributed by atoms with Crippen LogP contribution >= 0.6 is 0 Å². The highest BCUT2D eigenvalue weighted by Gasteiger charge is 2.49. The molecule has 0 radical (unpaired) electrons. The van der Waals surface area contributed by atoms with E-state index in [0.29, 0.717) is 19.5 Å². The Morgan fingerprint density at radius 3 is 2.68 bits per heavy atom. The van der Waals surface area contributed by atoms with Gasteiger partial charge in [-0.1, -0.05) is 20.3 Å². The standard InChI is InChI=1S/C16H29NO5/c1-4-11(2)16(20,12(3)18)15(19)22-10-13-7-9-17(21)8-5-6-14(13)17/h11-14,18,20H,4-10H2,1-3H3. The lowest BCUT2D eigenvalue weighted by Crippen LogP contribution is -2.54. The summed E-state index contributed by atoms with van der Waals surface area (Å²) in [5, 5.41) is 32.9. The summed E-state index contributed by atoms with van der Waals surface area (Å²) in [4.78, 5) is 12.3. The van der Waals surface area contributed by atoms with Crippen molar-refractivity contribution >= 4 is 5.97 Å². The summed E-state index contributed by atoms with van der Waals surface area (Å²) in [6, 6.07) is 0.0241. The Balaban J connectivity index is 1.97. The summed E-state index contributed by atoms with van der Waals surface area (Å²) in [5.41, 5.74) is -1.88. The first-order valence-corrected chi connectivity index (χ1v) is 8.41. The van der Waals surface area contributed by atoms with Crippen molar-refractivity contribution in [1.82, 2.24) is 0 Å². The van der Waals surface area contributed by atoms with Gasteiger partial charge in [-0.05, 0) is 12.8 Å². The zero-order chi connectivity index (χ0) is 16.5. The molecule has 6 nitrogen and oxygen atoms in total. The molecule has 2 heterocycles. The fourth-order valence-electron chi connectivity index (χ4n) is 4.03. The van der Waals surface area contributed by atoms with Gasteiger partial charge in [0.05, 0.1) is 31.2 Å². The highest BCUT2D eigenvalue weighted by atomic mass is 16.6. The van der Waals surface area contributed by atoms with Crippen molar-refractivity contribution in [2.45, 2.75) is 64.2 Å². The first-order chi connectivity index (χ1) is 10.3. The molecule has 0 aromatic rings. The third-order valence-corrected chi connectivity index (χ3v) is 5.82. The Bertz CT molecular complexity index is 415. The first-order valence-electron chi connectivity index (χ1n) is 8.41. The molecule has 0 aromatic heterocycles. The van der Waals surface area contributed by atoms with Gasteiger partial charge in [-0.15, -0.1) is 0 Å². The van der Waals surface area contributed by atoms with Gasteiger partial charge in [0.15, 0.2) is 5.60 Å². The maximum absolute atomic E-state index is 12.5. The second-order valence-electron chi connectivity index (χ2n) is 7.07. The third kappa shape index (κ3) is 2.89. The number of hydroxylamine groups is 3. The fourth-order valence-corrected chi connectivity index (χ4v) is 4.03. The van der Waals surface area contributed by atoms with E-state index < -0.39 is 23.6 Å². The van der Waals surface area contributed by atoms with Crippen molar-refractivity contribution in [3.05, 3.63) is 5.21 Å². The van der Waals surface area contributed by atoms with Gasteiger partial charge in [0.1, 0.15) is 6.61 Å². The maximum atomic E-state index is 12.5. The summed E-state index contributed by atoms with van der Waals surface area (Å²) in [6.45, 7) is 6.40. The molecular formula is C16H29NO5. The van der Waals surface area contributed by atoms with Crippen LogP contribution in [-0.4, -0.2) is 58.3 Å². The summed E-state index contributed by atoms with van der Waals surface area (Å²) < 4.78 is 5.19. The Kier molecular flexibility index (Phi) is 5.16. The molecule has 2 aliphatic rings. The summed E-state index contributed by atoms with van der Waals surface area (Å²) in [5.74, 6) is -1.10. The second kappa shape index (κ2) is 6.43.